The molecule has 2 unspecified atom stereocenters. The molecule has 1 aromatic rings. The number of nitrogens with zero attached hydrogens (tertiary/aromatic N) is 1. The first-order valence-electron chi connectivity index (χ1n) is 6.53. The SMILES string of the molecule is CCOC(=O)C1CN(C)CC1c1ccc(C)cc1. The minimum Gasteiger partial charge on any atom is -0.466 e. The molecule has 2 atom stereocenters. The first-order valence-corrected chi connectivity index (χ1v) is 6.53. The molecule has 0 bridgehead atoms. The molecule has 0 radical (unpaired) electrons. The number of benzene rings is 1. The minimum absolute atomic E-state index is 0.0299. The Balaban J connectivity index is 2.19. The largest absolute Gasteiger partial charge is 0.466 e. The Hall–Kier alpha value is -1.35. The number of aryl methyl sites for hydroxylation is 1. The van der Waals surface area contributed by atoms with E-state index >= 15 is 0 Å². The lowest BCUT2D eigenvalue weighted by molar-refractivity contribution is -0.147. The third kappa shape index (κ3) is 2.72. The van der Waals surface area contributed by atoms with E-state index in [0.717, 1.165) is 13.1 Å². The van der Waals surface area contributed by atoms with Crippen molar-refractivity contribution in [3.8, 4) is 0 Å². The third-order valence-corrected chi connectivity index (χ3v) is 3.60. The number of likely N-dealkylation sites (tertiary alicyclic amines) is 1. The number of likely N-dealkylation sites (N-methyl/N-ethyl adjacent to an activating group) is 1. The predicted octanol–water partition coefficient (Wildman–Crippen LogP) is 2.20. The fraction of sp³-hybridized carbons (Fsp3) is 0.533. The maximum absolute atomic E-state index is 12.0. The van der Waals surface area contributed by atoms with Gasteiger partial charge in [-0.25, -0.2) is 0 Å². The van der Waals surface area contributed by atoms with E-state index in [1.54, 1.807) is 0 Å². The van der Waals surface area contributed by atoms with Crippen molar-refractivity contribution in [2.45, 2.75) is 19.8 Å². The van der Waals surface area contributed by atoms with Crippen LogP contribution in [-0.2, 0) is 9.53 Å². The van der Waals surface area contributed by atoms with Crippen LogP contribution < -0.4 is 0 Å². The number of hydrogen-bond acceptors (Lipinski definition) is 3. The molecule has 1 aliphatic rings. The number of hydrogen-bond donors (Lipinski definition) is 0. The van der Waals surface area contributed by atoms with Gasteiger partial charge in [-0.05, 0) is 26.5 Å². The molecule has 1 heterocycles. The third-order valence-electron chi connectivity index (χ3n) is 3.60. The molecule has 0 spiro atoms. The monoisotopic (exact) mass is 247 g/mol. The molecule has 98 valence electrons. The average Bonchev–Trinajstić information content (AvgIpc) is 2.73. The van der Waals surface area contributed by atoms with Crippen LogP contribution in [0.4, 0.5) is 0 Å². The highest BCUT2D eigenvalue weighted by molar-refractivity contribution is 5.74. The molecule has 0 aliphatic carbocycles. The zero-order valence-corrected chi connectivity index (χ0v) is 11.3. The van der Waals surface area contributed by atoms with Crippen LogP contribution in [0.3, 0.4) is 0 Å². The summed E-state index contributed by atoms with van der Waals surface area (Å²) in [5.41, 5.74) is 2.49. The van der Waals surface area contributed by atoms with Gasteiger partial charge in [0.25, 0.3) is 0 Å². The Morgan fingerprint density at radius 3 is 2.61 bits per heavy atom. The molecule has 1 saturated heterocycles. The highest BCUT2D eigenvalue weighted by Crippen LogP contribution is 2.32. The molecule has 0 N–H and O–H groups in total. The topological polar surface area (TPSA) is 29.5 Å². The minimum atomic E-state index is -0.0626. The van der Waals surface area contributed by atoms with Crippen molar-refractivity contribution < 1.29 is 9.53 Å². The molecule has 3 heteroatoms. The van der Waals surface area contributed by atoms with E-state index < -0.39 is 0 Å². The highest BCUT2D eigenvalue weighted by Gasteiger charge is 2.37. The van der Waals surface area contributed by atoms with Crippen molar-refractivity contribution in [2.75, 3.05) is 26.7 Å². The Labute approximate surface area is 109 Å². The molecule has 2 rings (SSSR count). The van der Waals surface area contributed by atoms with Crippen LogP contribution in [0.2, 0.25) is 0 Å². The Morgan fingerprint density at radius 1 is 1.33 bits per heavy atom. The molecule has 1 aromatic carbocycles. The lowest BCUT2D eigenvalue weighted by Gasteiger charge is -2.17. The quantitative estimate of drug-likeness (QED) is 0.767. The summed E-state index contributed by atoms with van der Waals surface area (Å²) in [6.45, 7) is 6.11. The van der Waals surface area contributed by atoms with Crippen LogP contribution in [0.1, 0.15) is 24.0 Å². The summed E-state index contributed by atoms with van der Waals surface area (Å²) in [7, 11) is 2.06. The van der Waals surface area contributed by atoms with Crippen molar-refractivity contribution in [2.24, 2.45) is 5.92 Å². The van der Waals surface area contributed by atoms with Gasteiger partial charge in [-0.1, -0.05) is 29.8 Å². The van der Waals surface area contributed by atoms with Crippen molar-refractivity contribution in [3.05, 3.63) is 35.4 Å². The maximum Gasteiger partial charge on any atom is 0.310 e. The number of carbonyl (C=O) groups is 1. The fourth-order valence-electron chi connectivity index (χ4n) is 2.64. The van der Waals surface area contributed by atoms with Gasteiger partial charge in [-0.2, -0.15) is 0 Å². The number of ether oxygens (including phenoxy) is 1. The first-order chi connectivity index (χ1) is 8.61. The Bertz CT molecular complexity index is 413. The summed E-state index contributed by atoms with van der Waals surface area (Å²) in [5.74, 6) is 0.166. The molecule has 18 heavy (non-hydrogen) atoms. The lowest BCUT2D eigenvalue weighted by atomic mass is 9.88. The van der Waals surface area contributed by atoms with Gasteiger partial charge in [-0.15, -0.1) is 0 Å². The van der Waals surface area contributed by atoms with E-state index in [9.17, 15) is 4.79 Å². The first kappa shape index (κ1) is 13.1. The van der Waals surface area contributed by atoms with Crippen molar-refractivity contribution in [1.29, 1.82) is 0 Å². The molecule has 0 aromatic heterocycles. The number of carbonyl (C=O) groups excluding carboxylic acids is 1. The number of rotatable bonds is 3. The van der Waals surface area contributed by atoms with Gasteiger partial charge >= 0.3 is 5.97 Å². The summed E-state index contributed by atoms with van der Waals surface area (Å²) in [4.78, 5) is 14.2. The van der Waals surface area contributed by atoms with E-state index in [2.05, 4.69) is 43.1 Å². The summed E-state index contributed by atoms with van der Waals surface area (Å²) < 4.78 is 5.18. The lowest BCUT2D eigenvalue weighted by Crippen LogP contribution is -2.24. The predicted molar refractivity (Wildman–Crippen MR) is 71.5 cm³/mol. The van der Waals surface area contributed by atoms with Crippen LogP contribution in [0.25, 0.3) is 0 Å². The van der Waals surface area contributed by atoms with E-state index in [1.165, 1.54) is 11.1 Å². The van der Waals surface area contributed by atoms with Gasteiger partial charge in [0, 0.05) is 19.0 Å². The van der Waals surface area contributed by atoms with E-state index in [-0.39, 0.29) is 17.8 Å². The second-order valence-electron chi connectivity index (χ2n) is 5.10. The molecular weight excluding hydrogens is 226 g/mol. The van der Waals surface area contributed by atoms with Gasteiger partial charge in [-0.3, -0.25) is 4.79 Å². The van der Waals surface area contributed by atoms with E-state index in [1.807, 2.05) is 6.92 Å². The van der Waals surface area contributed by atoms with Crippen LogP contribution >= 0.6 is 0 Å². The van der Waals surface area contributed by atoms with Crippen LogP contribution in [0.15, 0.2) is 24.3 Å². The summed E-state index contributed by atoms with van der Waals surface area (Å²) in [6.07, 6.45) is 0. The van der Waals surface area contributed by atoms with Gasteiger partial charge in [0.2, 0.25) is 0 Å². The van der Waals surface area contributed by atoms with Gasteiger partial charge in [0.1, 0.15) is 0 Å². The molecule has 0 saturated carbocycles. The van der Waals surface area contributed by atoms with Gasteiger partial charge in [0.15, 0.2) is 0 Å². The standard InChI is InChI=1S/C15H21NO2/c1-4-18-15(17)14-10-16(3)9-13(14)12-7-5-11(2)6-8-12/h5-8,13-14H,4,9-10H2,1-3H3. The summed E-state index contributed by atoms with van der Waals surface area (Å²) in [6, 6.07) is 8.47. The Kier molecular flexibility index (Phi) is 4.02. The van der Waals surface area contributed by atoms with Crippen molar-refractivity contribution >= 4 is 5.97 Å². The molecule has 1 aliphatic heterocycles. The zero-order valence-electron chi connectivity index (χ0n) is 11.3. The molecule has 3 nitrogen and oxygen atoms in total. The van der Waals surface area contributed by atoms with Crippen LogP contribution in [0.5, 0.6) is 0 Å². The fourth-order valence-corrected chi connectivity index (χ4v) is 2.64. The highest BCUT2D eigenvalue weighted by atomic mass is 16.5. The number of esters is 1. The second-order valence-corrected chi connectivity index (χ2v) is 5.10. The maximum atomic E-state index is 12.0. The smallest absolute Gasteiger partial charge is 0.310 e. The van der Waals surface area contributed by atoms with Crippen molar-refractivity contribution in [3.63, 3.8) is 0 Å². The van der Waals surface area contributed by atoms with E-state index in [4.69, 9.17) is 4.74 Å². The normalized spacial score (nSPS) is 24.2. The molecular formula is C15H21NO2. The molecule has 1 fully saturated rings. The second kappa shape index (κ2) is 5.53. The van der Waals surface area contributed by atoms with Crippen LogP contribution in [-0.4, -0.2) is 37.6 Å². The van der Waals surface area contributed by atoms with Crippen LogP contribution in [0, 0.1) is 12.8 Å². The Morgan fingerprint density at radius 2 is 2.00 bits per heavy atom. The van der Waals surface area contributed by atoms with Crippen molar-refractivity contribution in [1.82, 2.24) is 4.90 Å². The zero-order chi connectivity index (χ0) is 13.1. The summed E-state index contributed by atoms with van der Waals surface area (Å²) in [5, 5.41) is 0. The average molecular weight is 247 g/mol. The van der Waals surface area contributed by atoms with Gasteiger partial charge in [0.05, 0.1) is 12.5 Å². The van der Waals surface area contributed by atoms with Gasteiger partial charge < -0.3 is 9.64 Å². The molecule has 0 amide bonds. The van der Waals surface area contributed by atoms with E-state index in [0.29, 0.717) is 6.61 Å². The summed E-state index contributed by atoms with van der Waals surface area (Å²) >= 11 is 0.